The molecule has 1 aliphatic heterocycles. The van der Waals surface area contributed by atoms with Crippen LogP contribution in [0.25, 0.3) is 37.4 Å². The fraction of sp³-hybridized carbons (Fsp3) is 0.0714. The number of ether oxygens (including phenoxy) is 1. The number of hydrogen-bond donors (Lipinski definition) is 0. The SMILES string of the molecule is Cc1cc(C)c(N2[CH-]N(c3[c-]c(Oc4[c-]c(-c5nccn5-c5ccccn5)ccc4)cc4sc5ccccc5c34)c3ccccc32)c(C)c1.[Pt]. The van der Waals surface area contributed by atoms with E-state index in [0.29, 0.717) is 11.5 Å². The number of hydrogen-bond acceptors (Lipinski definition) is 6. The van der Waals surface area contributed by atoms with Crippen molar-refractivity contribution in [2.24, 2.45) is 0 Å². The van der Waals surface area contributed by atoms with E-state index in [0.717, 1.165) is 44.4 Å². The number of rotatable bonds is 6. The summed E-state index contributed by atoms with van der Waals surface area (Å²) in [5.74, 6) is 2.71. The number of pyridine rings is 1. The molecule has 0 atom stereocenters. The third-order valence-electron chi connectivity index (χ3n) is 8.88. The molecule has 0 amide bonds. The van der Waals surface area contributed by atoms with Gasteiger partial charge in [0.25, 0.3) is 0 Å². The van der Waals surface area contributed by atoms with Gasteiger partial charge in [0.2, 0.25) is 0 Å². The van der Waals surface area contributed by atoms with Gasteiger partial charge in [-0.1, -0.05) is 81.3 Å². The van der Waals surface area contributed by atoms with Crippen LogP contribution in [0.5, 0.6) is 11.5 Å². The molecule has 6 nitrogen and oxygen atoms in total. The number of aromatic nitrogens is 3. The predicted molar refractivity (Wildman–Crippen MR) is 200 cm³/mol. The van der Waals surface area contributed by atoms with Crippen LogP contribution in [0.1, 0.15) is 16.7 Å². The number of para-hydroxylation sites is 2. The number of imidazole rings is 1. The van der Waals surface area contributed by atoms with Gasteiger partial charge >= 0.3 is 0 Å². The molecule has 0 saturated carbocycles. The van der Waals surface area contributed by atoms with E-state index in [1.165, 1.54) is 32.5 Å². The van der Waals surface area contributed by atoms with Crippen LogP contribution in [-0.4, -0.2) is 14.5 Å². The average molecular weight is 848 g/mol. The molecule has 0 aliphatic carbocycles. The van der Waals surface area contributed by atoms with Gasteiger partial charge in [-0.3, -0.25) is 4.98 Å². The Balaban J connectivity index is 0.00000361. The minimum atomic E-state index is 0. The Morgan fingerprint density at radius 1 is 0.700 bits per heavy atom. The fourth-order valence-electron chi connectivity index (χ4n) is 6.94. The Morgan fingerprint density at radius 2 is 1.46 bits per heavy atom. The molecule has 50 heavy (non-hydrogen) atoms. The first-order valence-corrected chi connectivity index (χ1v) is 17.0. The monoisotopic (exact) mass is 847 g/mol. The van der Waals surface area contributed by atoms with Crippen molar-refractivity contribution in [1.82, 2.24) is 14.5 Å². The summed E-state index contributed by atoms with van der Waals surface area (Å²) < 4.78 is 10.9. The Labute approximate surface area is 309 Å². The normalized spacial score (nSPS) is 12.4. The molecular weight excluding hydrogens is 818 g/mol. The number of thiophene rings is 1. The maximum absolute atomic E-state index is 6.61. The van der Waals surface area contributed by atoms with Crippen LogP contribution < -0.4 is 14.5 Å². The number of anilines is 4. The van der Waals surface area contributed by atoms with E-state index in [1.807, 2.05) is 47.2 Å². The minimum Gasteiger partial charge on any atom is -0.503 e. The Hall–Kier alpha value is -5.23. The summed E-state index contributed by atoms with van der Waals surface area (Å²) in [6.07, 6.45) is 5.45. The van der Waals surface area contributed by atoms with Crippen LogP contribution in [0, 0.1) is 39.6 Å². The van der Waals surface area contributed by atoms with E-state index < -0.39 is 0 Å². The van der Waals surface area contributed by atoms with Gasteiger partial charge in [0.15, 0.2) is 0 Å². The Bertz CT molecular complexity index is 2500. The molecule has 8 heteroatoms. The van der Waals surface area contributed by atoms with Crippen molar-refractivity contribution in [2.45, 2.75) is 20.8 Å². The summed E-state index contributed by atoms with van der Waals surface area (Å²) in [5.41, 5.74) is 8.86. The van der Waals surface area contributed by atoms with E-state index in [4.69, 9.17) is 4.74 Å². The van der Waals surface area contributed by atoms with E-state index in [9.17, 15) is 0 Å². The van der Waals surface area contributed by atoms with Gasteiger partial charge < -0.3 is 19.1 Å². The summed E-state index contributed by atoms with van der Waals surface area (Å²) >= 11 is 1.76. The van der Waals surface area contributed by atoms with Gasteiger partial charge in [-0.15, -0.1) is 42.6 Å². The number of nitrogens with zero attached hydrogens (tertiary/aromatic N) is 5. The number of aryl methyl sites for hydroxylation is 3. The van der Waals surface area contributed by atoms with Gasteiger partial charge in [-0.05, 0) is 62.2 Å². The first-order valence-electron chi connectivity index (χ1n) is 16.1. The maximum Gasteiger partial charge on any atom is 0.129 e. The molecule has 5 aromatic carbocycles. The summed E-state index contributed by atoms with van der Waals surface area (Å²) in [7, 11) is 0. The van der Waals surface area contributed by atoms with Crippen LogP contribution in [-0.2, 0) is 21.1 Å². The van der Waals surface area contributed by atoms with Crippen molar-refractivity contribution < 1.29 is 25.8 Å². The zero-order chi connectivity index (χ0) is 33.1. The Kier molecular flexibility index (Phi) is 8.26. The van der Waals surface area contributed by atoms with Gasteiger partial charge in [0, 0.05) is 72.9 Å². The van der Waals surface area contributed by atoms with Crippen LogP contribution in [0.2, 0.25) is 0 Å². The van der Waals surface area contributed by atoms with Crippen LogP contribution in [0.4, 0.5) is 22.7 Å². The number of fused-ring (bicyclic) bond motifs is 4. The molecule has 9 rings (SSSR count). The Morgan fingerprint density at radius 3 is 2.26 bits per heavy atom. The van der Waals surface area contributed by atoms with Crippen molar-refractivity contribution in [3.63, 3.8) is 0 Å². The average Bonchev–Trinajstić information content (AvgIpc) is 3.84. The van der Waals surface area contributed by atoms with E-state index in [2.05, 4.69) is 126 Å². The third-order valence-corrected chi connectivity index (χ3v) is 10.00. The van der Waals surface area contributed by atoms with Crippen LogP contribution in [0.15, 0.2) is 122 Å². The predicted octanol–water partition coefficient (Wildman–Crippen LogP) is 11.0. The van der Waals surface area contributed by atoms with Crippen molar-refractivity contribution in [3.8, 4) is 28.7 Å². The molecular formula is C42H30N5OPtS-3. The van der Waals surface area contributed by atoms with Crippen molar-refractivity contribution in [3.05, 3.63) is 157 Å². The molecule has 0 unspecified atom stereocenters. The van der Waals surface area contributed by atoms with Crippen LogP contribution >= 0.6 is 11.3 Å². The molecule has 0 N–H and O–H groups in total. The first kappa shape index (κ1) is 32.0. The summed E-state index contributed by atoms with van der Waals surface area (Å²) in [6.45, 7) is 8.72. The minimum absolute atomic E-state index is 0. The van der Waals surface area contributed by atoms with E-state index in [-0.39, 0.29) is 21.1 Å². The molecule has 0 radical (unpaired) electrons. The third kappa shape index (κ3) is 5.47. The van der Waals surface area contributed by atoms with Gasteiger partial charge in [0.1, 0.15) is 5.82 Å². The smallest absolute Gasteiger partial charge is 0.129 e. The van der Waals surface area contributed by atoms with Gasteiger partial charge in [0.05, 0.1) is 5.82 Å². The second kappa shape index (κ2) is 12.9. The van der Waals surface area contributed by atoms with Crippen molar-refractivity contribution in [2.75, 3.05) is 9.80 Å². The number of benzene rings is 5. The molecule has 0 fully saturated rings. The molecule has 3 aromatic heterocycles. The zero-order valence-corrected chi connectivity index (χ0v) is 30.6. The molecule has 0 bridgehead atoms. The van der Waals surface area contributed by atoms with Gasteiger partial charge in [-0.2, -0.15) is 11.3 Å². The molecule has 8 aromatic rings. The second-order valence-corrected chi connectivity index (χ2v) is 13.3. The quantitative estimate of drug-likeness (QED) is 0.156. The largest absolute Gasteiger partial charge is 0.503 e. The molecule has 0 saturated heterocycles. The van der Waals surface area contributed by atoms with Gasteiger partial charge in [-0.25, -0.2) is 4.98 Å². The molecule has 4 heterocycles. The topological polar surface area (TPSA) is 46.4 Å². The molecule has 1 aliphatic rings. The fourth-order valence-corrected chi connectivity index (χ4v) is 8.08. The maximum atomic E-state index is 6.61. The summed E-state index contributed by atoms with van der Waals surface area (Å²) in [6, 6.07) is 42.6. The van der Waals surface area contributed by atoms with Crippen molar-refractivity contribution in [1.29, 1.82) is 0 Å². The standard InChI is InChI=1S/C42H30N5OS.Pt/c1-27-21-28(2)41(29(3)22-27)47-26-46(34-14-5-6-15-35(34)47)36-24-32(25-38-40(36)33-13-4-7-16-37(33)49-38)48-31-12-10-11-30(23-31)42-44-19-20-45(42)39-17-8-9-18-43-39;/h4-22,25-26H,1-3H3;/q-3;. The van der Waals surface area contributed by atoms with Crippen LogP contribution in [0.3, 0.4) is 0 Å². The van der Waals surface area contributed by atoms with Crippen molar-refractivity contribution >= 4 is 54.3 Å². The first-order chi connectivity index (χ1) is 24.0. The molecule has 0 spiro atoms. The summed E-state index contributed by atoms with van der Waals surface area (Å²) in [5, 5.41) is 2.34. The zero-order valence-electron chi connectivity index (χ0n) is 27.5. The van der Waals surface area contributed by atoms with E-state index >= 15 is 0 Å². The molecule has 248 valence electrons. The van der Waals surface area contributed by atoms with E-state index in [1.54, 1.807) is 23.7 Å². The second-order valence-electron chi connectivity index (χ2n) is 12.3. The summed E-state index contributed by atoms with van der Waals surface area (Å²) in [4.78, 5) is 13.7.